The molecule has 0 unspecified atom stereocenters. The van der Waals surface area contributed by atoms with Crippen molar-refractivity contribution in [2.75, 3.05) is 39.3 Å². The van der Waals surface area contributed by atoms with Crippen molar-refractivity contribution in [1.29, 1.82) is 0 Å². The van der Waals surface area contributed by atoms with Crippen molar-refractivity contribution in [2.45, 2.75) is 25.8 Å². The van der Waals surface area contributed by atoms with Crippen LogP contribution in [0, 0.1) is 0 Å². The molecule has 0 radical (unpaired) electrons. The Morgan fingerprint density at radius 2 is 1.67 bits per heavy atom. The molecule has 2 aromatic carbocycles. The number of carbonyl (C=O) groups excluding carboxylic acids is 1. The number of nitrogens with one attached hydrogen (secondary N) is 2. The SMILES string of the molecule is O=C(CCCc1c[nH]c2ccccc12)NCCN1CCN(Cc2ccccc2)CC1. The number of carbonyl (C=O) groups is 1. The Labute approximate surface area is 179 Å². The minimum absolute atomic E-state index is 0.164. The van der Waals surface area contributed by atoms with Crippen molar-refractivity contribution in [3.63, 3.8) is 0 Å². The van der Waals surface area contributed by atoms with Gasteiger partial charge in [-0.05, 0) is 30.0 Å². The summed E-state index contributed by atoms with van der Waals surface area (Å²) in [6, 6.07) is 19.0. The first-order valence-electron chi connectivity index (χ1n) is 11.1. The molecule has 5 heteroatoms. The number of amides is 1. The first-order chi connectivity index (χ1) is 14.8. The summed E-state index contributed by atoms with van der Waals surface area (Å²) >= 11 is 0. The van der Waals surface area contributed by atoms with E-state index in [0.29, 0.717) is 6.42 Å². The van der Waals surface area contributed by atoms with Gasteiger partial charge in [-0.3, -0.25) is 14.6 Å². The molecule has 0 bridgehead atoms. The minimum Gasteiger partial charge on any atom is -0.361 e. The van der Waals surface area contributed by atoms with Gasteiger partial charge < -0.3 is 10.3 Å². The van der Waals surface area contributed by atoms with Crippen LogP contribution in [-0.2, 0) is 17.8 Å². The Hall–Kier alpha value is -2.63. The average molecular weight is 405 g/mol. The highest BCUT2D eigenvalue weighted by Crippen LogP contribution is 2.19. The predicted octanol–water partition coefficient (Wildman–Crippen LogP) is 3.42. The molecule has 1 aliphatic heterocycles. The Morgan fingerprint density at radius 3 is 2.50 bits per heavy atom. The van der Waals surface area contributed by atoms with E-state index in [4.69, 9.17) is 0 Å². The van der Waals surface area contributed by atoms with Crippen molar-refractivity contribution >= 4 is 16.8 Å². The molecule has 1 fully saturated rings. The number of nitrogens with zero attached hydrogens (tertiary/aromatic N) is 2. The largest absolute Gasteiger partial charge is 0.361 e. The third-order valence-corrected chi connectivity index (χ3v) is 5.99. The molecule has 0 aliphatic carbocycles. The molecule has 30 heavy (non-hydrogen) atoms. The molecule has 1 aromatic heterocycles. The van der Waals surface area contributed by atoms with E-state index in [0.717, 1.165) is 58.7 Å². The van der Waals surface area contributed by atoms with Crippen molar-refractivity contribution < 1.29 is 4.79 Å². The van der Waals surface area contributed by atoms with Crippen molar-refractivity contribution in [2.24, 2.45) is 0 Å². The summed E-state index contributed by atoms with van der Waals surface area (Å²) in [4.78, 5) is 20.5. The average Bonchev–Trinajstić information content (AvgIpc) is 3.19. The number of aromatic nitrogens is 1. The summed E-state index contributed by atoms with van der Waals surface area (Å²) < 4.78 is 0. The summed E-state index contributed by atoms with van der Waals surface area (Å²) in [5.74, 6) is 0.164. The van der Waals surface area contributed by atoms with Crippen LogP contribution in [0.5, 0.6) is 0 Å². The number of benzene rings is 2. The van der Waals surface area contributed by atoms with Gasteiger partial charge in [-0.2, -0.15) is 0 Å². The summed E-state index contributed by atoms with van der Waals surface area (Å²) in [6.45, 7) is 7.03. The molecule has 1 saturated heterocycles. The van der Waals surface area contributed by atoms with Crippen LogP contribution in [-0.4, -0.2) is 60.0 Å². The van der Waals surface area contributed by atoms with E-state index >= 15 is 0 Å². The van der Waals surface area contributed by atoms with Crippen LogP contribution in [0.4, 0.5) is 0 Å². The number of hydrogen-bond acceptors (Lipinski definition) is 3. The summed E-state index contributed by atoms with van der Waals surface area (Å²) in [7, 11) is 0. The molecular weight excluding hydrogens is 372 g/mol. The number of fused-ring (bicyclic) bond motifs is 1. The summed E-state index contributed by atoms with van der Waals surface area (Å²) in [5, 5.41) is 4.36. The van der Waals surface area contributed by atoms with Crippen molar-refractivity contribution in [1.82, 2.24) is 20.1 Å². The topological polar surface area (TPSA) is 51.4 Å². The van der Waals surface area contributed by atoms with Gasteiger partial charge in [0.05, 0.1) is 0 Å². The van der Waals surface area contributed by atoms with Crippen LogP contribution < -0.4 is 5.32 Å². The van der Waals surface area contributed by atoms with Crippen LogP contribution in [0.3, 0.4) is 0 Å². The molecule has 4 rings (SSSR count). The number of aromatic amines is 1. The van der Waals surface area contributed by atoms with Crippen LogP contribution >= 0.6 is 0 Å². The van der Waals surface area contributed by atoms with Gasteiger partial charge in [0.25, 0.3) is 0 Å². The Morgan fingerprint density at radius 1 is 0.933 bits per heavy atom. The Balaban J connectivity index is 1.09. The number of rotatable bonds is 9. The third-order valence-electron chi connectivity index (χ3n) is 5.99. The van der Waals surface area contributed by atoms with Crippen LogP contribution in [0.2, 0.25) is 0 Å². The molecule has 2 heterocycles. The molecule has 1 aliphatic rings. The Bertz CT molecular complexity index is 928. The lowest BCUT2D eigenvalue weighted by atomic mass is 10.1. The molecule has 2 N–H and O–H groups in total. The fraction of sp³-hybridized carbons (Fsp3) is 0.400. The second kappa shape index (κ2) is 10.4. The van der Waals surface area contributed by atoms with Gasteiger partial charge in [0, 0.05) is 69.3 Å². The van der Waals surface area contributed by atoms with Crippen molar-refractivity contribution in [3.8, 4) is 0 Å². The van der Waals surface area contributed by atoms with Crippen LogP contribution in [0.25, 0.3) is 10.9 Å². The van der Waals surface area contributed by atoms with E-state index in [2.05, 4.69) is 74.8 Å². The molecular formula is C25H32N4O. The fourth-order valence-corrected chi connectivity index (χ4v) is 4.23. The van der Waals surface area contributed by atoms with E-state index in [-0.39, 0.29) is 5.91 Å². The lowest BCUT2D eigenvalue weighted by Gasteiger charge is -2.34. The summed E-state index contributed by atoms with van der Waals surface area (Å²) in [6.07, 6.45) is 4.47. The Kier molecular flexibility index (Phi) is 7.16. The molecule has 0 atom stereocenters. The second-order valence-electron chi connectivity index (χ2n) is 8.17. The van der Waals surface area contributed by atoms with E-state index in [1.54, 1.807) is 0 Å². The maximum atomic E-state index is 12.2. The first kappa shape index (κ1) is 20.6. The van der Waals surface area contributed by atoms with Gasteiger partial charge in [-0.25, -0.2) is 0 Å². The predicted molar refractivity (Wildman–Crippen MR) is 122 cm³/mol. The van der Waals surface area contributed by atoms with Gasteiger partial charge in [-0.15, -0.1) is 0 Å². The quantitative estimate of drug-likeness (QED) is 0.575. The van der Waals surface area contributed by atoms with Crippen molar-refractivity contribution in [3.05, 3.63) is 71.9 Å². The molecule has 0 spiro atoms. The number of H-pyrrole nitrogens is 1. The van der Waals surface area contributed by atoms with E-state index in [1.165, 1.54) is 22.0 Å². The van der Waals surface area contributed by atoms with Crippen LogP contribution in [0.15, 0.2) is 60.8 Å². The highest BCUT2D eigenvalue weighted by atomic mass is 16.1. The smallest absolute Gasteiger partial charge is 0.220 e. The monoisotopic (exact) mass is 404 g/mol. The molecule has 1 amide bonds. The van der Waals surface area contributed by atoms with Gasteiger partial charge in [-0.1, -0.05) is 48.5 Å². The van der Waals surface area contributed by atoms with Gasteiger partial charge in [0.1, 0.15) is 0 Å². The zero-order chi connectivity index (χ0) is 20.6. The van der Waals surface area contributed by atoms with E-state index < -0.39 is 0 Å². The second-order valence-corrected chi connectivity index (χ2v) is 8.17. The zero-order valence-corrected chi connectivity index (χ0v) is 17.6. The lowest BCUT2D eigenvalue weighted by Crippen LogP contribution is -2.48. The first-order valence-corrected chi connectivity index (χ1v) is 11.1. The minimum atomic E-state index is 0.164. The fourth-order valence-electron chi connectivity index (χ4n) is 4.23. The zero-order valence-electron chi connectivity index (χ0n) is 17.6. The molecule has 158 valence electrons. The lowest BCUT2D eigenvalue weighted by molar-refractivity contribution is -0.121. The molecule has 5 nitrogen and oxygen atoms in total. The summed E-state index contributed by atoms with van der Waals surface area (Å²) in [5.41, 5.74) is 3.85. The standard InChI is InChI=1S/C25H32N4O/c30-25(12-6-9-22-19-27-24-11-5-4-10-23(22)24)26-13-14-28-15-17-29(18-16-28)20-21-7-2-1-3-8-21/h1-5,7-8,10-11,19,27H,6,9,12-18,20H2,(H,26,30). The highest BCUT2D eigenvalue weighted by Gasteiger charge is 2.16. The van der Waals surface area contributed by atoms with Gasteiger partial charge in [0.15, 0.2) is 0 Å². The number of para-hydroxylation sites is 1. The van der Waals surface area contributed by atoms with E-state index in [9.17, 15) is 4.79 Å². The number of piperazine rings is 1. The highest BCUT2D eigenvalue weighted by molar-refractivity contribution is 5.83. The van der Waals surface area contributed by atoms with E-state index in [1.807, 2.05) is 6.07 Å². The van der Waals surface area contributed by atoms with Gasteiger partial charge >= 0.3 is 0 Å². The maximum Gasteiger partial charge on any atom is 0.220 e. The van der Waals surface area contributed by atoms with Gasteiger partial charge in [0.2, 0.25) is 5.91 Å². The van der Waals surface area contributed by atoms with Crippen LogP contribution in [0.1, 0.15) is 24.0 Å². The maximum absolute atomic E-state index is 12.2. The number of hydrogen-bond donors (Lipinski definition) is 2. The molecule has 3 aromatic rings. The normalized spacial score (nSPS) is 15.5. The third kappa shape index (κ3) is 5.71. The number of aryl methyl sites for hydroxylation is 1. The molecule has 0 saturated carbocycles.